The van der Waals surface area contributed by atoms with Crippen molar-refractivity contribution in [3.8, 4) is 16.9 Å². The first kappa shape index (κ1) is 14.2. The molecule has 104 valence electrons. The van der Waals surface area contributed by atoms with E-state index in [2.05, 4.69) is 21.3 Å². The number of carbonyl (C=O) groups is 1. The van der Waals surface area contributed by atoms with Gasteiger partial charge >= 0.3 is 5.57 Å². The van der Waals surface area contributed by atoms with E-state index in [0.29, 0.717) is 11.1 Å². The van der Waals surface area contributed by atoms with Crippen LogP contribution >= 0.6 is 11.6 Å². The molecule has 20 heavy (non-hydrogen) atoms. The predicted molar refractivity (Wildman–Crippen MR) is 69.6 cm³/mol. The summed E-state index contributed by atoms with van der Waals surface area (Å²) in [5.74, 6) is -0.672. The van der Waals surface area contributed by atoms with Crippen molar-refractivity contribution in [1.82, 2.24) is 4.98 Å². The molecule has 0 aliphatic heterocycles. The molecule has 7 heteroatoms. The van der Waals surface area contributed by atoms with E-state index < -0.39 is 11.5 Å². The molecular formula is C13H9ClF2N2O2. The number of benzene rings is 1. The van der Waals surface area contributed by atoms with E-state index in [4.69, 9.17) is 5.73 Å². The molecule has 0 bridgehead atoms. The lowest BCUT2D eigenvalue weighted by molar-refractivity contribution is -0.0964. The van der Waals surface area contributed by atoms with E-state index in [1.165, 1.54) is 24.5 Å². The van der Waals surface area contributed by atoms with Gasteiger partial charge in [-0.05, 0) is 23.8 Å². The van der Waals surface area contributed by atoms with Crippen molar-refractivity contribution < 1.29 is 18.3 Å². The van der Waals surface area contributed by atoms with E-state index in [-0.39, 0.29) is 11.3 Å². The van der Waals surface area contributed by atoms with Crippen molar-refractivity contribution in [3.63, 3.8) is 0 Å². The normalized spacial score (nSPS) is 11.2. The SMILES string of the molecule is NC(=O)c1cncc(-c2ccc(OC(F)(F)Cl)cc2)c1. The highest BCUT2D eigenvalue weighted by molar-refractivity contribution is 6.20. The number of hydrogen-bond donors (Lipinski definition) is 1. The molecular weight excluding hydrogens is 290 g/mol. The summed E-state index contributed by atoms with van der Waals surface area (Å²) in [5.41, 5.74) is 2.96. The molecule has 0 saturated heterocycles. The summed E-state index contributed by atoms with van der Waals surface area (Å²) >= 11 is 4.66. The first-order valence-corrected chi connectivity index (χ1v) is 5.84. The minimum absolute atomic E-state index is 0.0761. The smallest absolute Gasteiger partial charge is 0.420 e. The van der Waals surface area contributed by atoms with Gasteiger partial charge in [-0.3, -0.25) is 9.78 Å². The van der Waals surface area contributed by atoms with E-state index in [1.807, 2.05) is 0 Å². The van der Waals surface area contributed by atoms with Gasteiger partial charge < -0.3 is 10.5 Å². The van der Waals surface area contributed by atoms with Gasteiger partial charge in [-0.15, -0.1) is 8.78 Å². The van der Waals surface area contributed by atoms with Gasteiger partial charge in [0.2, 0.25) is 5.91 Å². The lowest BCUT2D eigenvalue weighted by Crippen LogP contribution is -2.15. The monoisotopic (exact) mass is 298 g/mol. The molecule has 0 spiro atoms. The van der Waals surface area contributed by atoms with Crippen LogP contribution in [0.15, 0.2) is 42.7 Å². The third-order valence-corrected chi connectivity index (χ3v) is 2.52. The highest BCUT2D eigenvalue weighted by Gasteiger charge is 2.27. The van der Waals surface area contributed by atoms with Gasteiger partial charge in [-0.2, -0.15) is 0 Å². The van der Waals surface area contributed by atoms with Crippen molar-refractivity contribution in [2.75, 3.05) is 0 Å². The number of alkyl halides is 3. The molecule has 0 unspecified atom stereocenters. The summed E-state index contributed by atoms with van der Waals surface area (Å²) in [6.07, 6.45) is 2.87. The van der Waals surface area contributed by atoms with Crippen LogP contribution in [0, 0.1) is 0 Å². The summed E-state index contributed by atoms with van der Waals surface area (Å²) in [6.45, 7) is 0. The van der Waals surface area contributed by atoms with Crippen molar-refractivity contribution in [1.29, 1.82) is 0 Å². The number of pyridine rings is 1. The van der Waals surface area contributed by atoms with Gasteiger partial charge in [0.25, 0.3) is 0 Å². The second-order valence-corrected chi connectivity index (χ2v) is 4.34. The predicted octanol–water partition coefficient (Wildman–Crippen LogP) is 3.02. The Morgan fingerprint density at radius 3 is 2.40 bits per heavy atom. The van der Waals surface area contributed by atoms with Crippen LogP contribution < -0.4 is 10.5 Å². The van der Waals surface area contributed by atoms with Crippen LogP contribution in [0.5, 0.6) is 5.75 Å². The minimum Gasteiger partial charge on any atom is -0.420 e. The summed E-state index contributed by atoms with van der Waals surface area (Å²) < 4.78 is 29.1. The average Bonchev–Trinajstić information content (AvgIpc) is 2.38. The fourth-order valence-electron chi connectivity index (χ4n) is 1.58. The number of primary amides is 1. The number of rotatable bonds is 4. The van der Waals surface area contributed by atoms with Crippen molar-refractivity contribution in [2.45, 2.75) is 5.57 Å². The van der Waals surface area contributed by atoms with Crippen molar-refractivity contribution in [3.05, 3.63) is 48.3 Å². The van der Waals surface area contributed by atoms with Crippen LogP contribution in [0.2, 0.25) is 0 Å². The molecule has 2 aromatic rings. The molecule has 0 aliphatic carbocycles. The molecule has 2 N–H and O–H groups in total. The van der Waals surface area contributed by atoms with Gasteiger partial charge in [0.15, 0.2) is 0 Å². The maximum atomic E-state index is 12.5. The number of nitrogens with zero attached hydrogens (tertiary/aromatic N) is 1. The zero-order valence-corrected chi connectivity index (χ0v) is 10.8. The highest BCUT2D eigenvalue weighted by Crippen LogP contribution is 2.27. The third kappa shape index (κ3) is 3.64. The lowest BCUT2D eigenvalue weighted by Gasteiger charge is -2.10. The van der Waals surface area contributed by atoms with Gasteiger partial charge in [0.1, 0.15) is 5.75 Å². The molecule has 0 radical (unpaired) electrons. The molecule has 4 nitrogen and oxygen atoms in total. The van der Waals surface area contributed by atoms with E-state index in [0.717, 1.165) is 0 Å². The van der Waals surface area contributed by atoms with Crippen LogP contribution in [0.25, 0.3) is 11.1 Å². The summed E-state index contributed by atoms with van der Waals surface area (Å²) in [7, 11) is 0. The Morgan fingerprint density at radius 2 is 1.85 bits per heavy atom. The first-order valence-electron chi connectivity index (χ1n) is 5.46. The molecule has 0 aliphatic rings. The van der Waals surface area contributed by atoms with Crippen LogP contribution in [0.3, 0.4) is 0 Å². The topological polar surface area (TPSA) is 65.2 Å². The number of halogens is 3. The molecule has 0 saturated carbocycles. The van der Waals surface area contributed by atoms with Crippen LogP contribution in [-0.4, -0.2) is 16.5 Å². The number of amides is 1. The Bertz CT molecular complexity index is 627. The Kier molecular flexibility index (Phi) is 3.85. The first-order chi connectivity index (χ1) is 9.35. The number of aromatic nitrogens is 1. The fourth-order valence-corrected chi connectivity index (χ4v) is 1.67. The molecule has 1 amide bonds. The van der Waals surface area contributed by atoms with Crippen LogP contribution in [-0.2, 0) is 0 Å². The number of nitrogens with two attached hydrogens (primary N) is 1. The quantitative estimate of drug-likeness (QED) is 0.882. The maximum Gasteiger partial charge on any atom is 0.487 e. The van der Waals surface area contributed by atoms with Crippen molar-refractivity contribution >= 4 is 17.5 Å². The molecule has 1 aromatic heterocycles. The second-order valence-electron chi connectivity index (χ2n) is 3.90. The summed E-state index contributed by atoms with van der Waals surface area (Å²) in [5, 5.41) is 0. The standard InChI is InChI=1S/C13H9ClF2N2O2/c14-13(15,16)20-11-3-1-8(2-4-11)9-5-10(12(17)19)7-18-6-9/h1-7H,(H2,17,19). The van der Waals surface area contributed by atoms with Crippen LogP contribution in [0.1, 0.15) is 10.4 Å². The van der Waals surface area contributed by atoms with Gasteiger partial charge in [-0.25, -0.2) is 0 Å². The zero-order chi connectivity index (χ0) is 14.8. The van der Waals surface area contributed by atoms with Gasteiger partial charge in [0, 0.05) is 29.6 Å². The third-order valence-electron chi connectivity index (χ3n) is 2.44. The number of ether oxygens (including phenoxy) is 1. The lowest BCUT2D eigenvalue weighted by atomic mass is 10.1. The fraction of sp³-hybridized carbons (Fsp3) is 0.0769. The molecule has 2 rings (SSSR count). The zero-order valence-electron chi connectivity index (χ0n) is 10.0. The van der Waals surface area contributed by atoms with E-state index in [1.54, 1.807) is 18.2 Å². The maximum absolute atomic E-state index is 12.5. The van der Waals surface area contributed by atoms with Gasteiger partial charge in [0.05, 0.1) is 5.56 Å². The van der Waals surface area contributed by atoms with Crippen molar-refractivity contribution in [2.24, 2.45) is 5.73 Å². The summed E-state index contributed by atoms with van der Waals surface area (Å²) in [4.78, 5) is 15.0. The highest BCUT2D eigenvalue weighted by atomic mass is 35.5. The van der Waals surface area contributed by atoms with E-state index in [9.17, 15) is 13.6 Å². The Balaban J connectivity index is 2.26. The average molecular weight is 299 g/mol. The molecule has 1 heterocycles. The molecule has 0 fully saturated rings. The summed E-state index contributed by atoms with van der Waals surface area (Å²) in [6, 6.07) is 7.31. The Morgan fingerprint density at radius 1 is 1.20 bits per heavy atom. The minimum atomic E-state index is -3.76. The number of carbonyl (C=O) groups excluding carboxylic acids is 1. The number of hydrogen-bond acceptors (Lipinski definition) is 3. The molecule has 1 aromatic carbocycles. The molecule has 0 atom stereocenters. The Labute approximate surface area is 118 Å². The Hall–Kier alpha value is -2.21. The largest absolute Gasteiger partial charge is 0.487 e. The van der Waals surface area contributed by atoms with Gasteiger partial charge in [-0.1, -0.05) is 12.1 Å². The van der Waals surface area contributed by atoms with E-state index >= 15 is 0 Å². The van der Waals surface area contributed by atoms with Crippen LogP contribution in [0.4, 0.5) is 8.78 Å². The second kappa shape index (κ2) is 5.42.